The lowest BCUT2D eigenvalue weighted by Crippen LogP contribution is -2.43. The highest BCUT2D eigenvalue weighted by atomic mass is 16.4. The summed E-state index contributed by atoms with van der Waals surface area (Å²) in [6, 6.07) is 0. The molecule has 6 nitrogen and oxygen atoms in total. The van der Waals surface area contributed by atoms with Crippen LogP contribution in [0.1, 0.15) is 13.8 Å². The lowest BCUT2D eigenvalue weighted by Gasteiger charge is -2.21. The number of nitrogens with zero attached hydrogens (tertiary/aromatic N) is 1. The quantitative estimate of drug-likeness (QED) is 0.607. The number of aliphatic carboxylic acids is 1. The number of carbonyl (C=O) groups is 3. The first kappa shape index (κ1) is 11.1. The van der Waals surface area contributed by atoms with Crippen LogP contribution in [0, 0.1) is 17.3 Å². The molecule has 0 aromatic carbocycles. The standard InChI is InChI=1S/C10H13NO5/c1-10(2)5-6(10)8(14)11(7(5)13)3-4(12)9(15)16/h4-6,12H,3H2,1-2H3,(H,15,16). The van der Waals surface area contributed by atoms with Gasteiger partial charge in [0.1, 0.15) is 0 Å². The van der Waals surface area contributed by atoms with Crippen molar-refractivity contribution in [3.63, 3.8) is 0 Å². The molecule has 0 spiro atoms. The molecule has 1 saturated carbocycles. The Balaban J connectivity index is 2.09. The second-order valence-electron chi connectivity index (χ2n) is 4.92. The van der Waals surface area contributed by atoms with Gasteiger partial charge in [0, 0.05) is 0 Å². The van der Waals surface area contributed by atoms with E-state index in [1.165, 1.54) is 0 Å². The van der Waals surface area contributed by atoms with Crippen LogP contribution in [0.15, 0.2) is 0 Å². The zero-order chi connectivity index (χ0) is 12.2. The van der Waals surface area contributed by atoms with Crippen molar-refractivity contribution in [3.8, 4) is 0 Å². The van der Waals surface area contributed by atoms with Crippen LogP contribution in [0.5, 0.6) is 0 Å². The van der Waals surface area contributed by atoms with Gasteiger partial charge >= 0.3 is 5.97 Å². The van der Waals surface area contributed by atoms with Gasteiger partial charge < -0.3 is 10.2 Å². The maximum atomic E-state index is 11.7. The molecule has 0 bridgehead atoms. The van der Waals surface area contributed by atoms with Gasteiger partial charge in [-0.15, -0.1) is 0 Å². The summed E-state index contributed by atoms with van der Waals surface area (Å²) < 4.78 is 0. The second kappa shape index (κ2) is 3.04. The maximum Gasteiger partial charge on any atom is 0.334 e. The Bertz CT molecular complexity index is 365. The van der Waals surface area contributed by atoms with E-state index in [1.807, 2.05) is 13.8 Å². The minimum absolute atomic E-state index is 0.307. The SMILES string of the molecule is CC1(C)C2C(=O)N(CC(O)C(=O)O)C(=O)C21. The largest absolute Gasteiger partial charge is 0.479 e. The van der Waals surface area contributed by atoms with E-state index in [2.05, 4.69) is 0 Å². The number of piperidine rings is 1. The van der Waals surface area contributed by atoms with Gasteiger partial charge in [-0.1, -0.05) is 13.8 Å². The Hall–Kier alpha value is -1.43. The highest BCUT2D eigenvalue weighted by Crippen LogP contribution is 2.63. The number of aliphatic hydroxyl groups excluding tert-OH is 1. The van der Waals surface area contributed by atoms with Crippen molar-refractivity contribution in [2.45, 2.75) is 20.0 Å². The van der Waals surface area contributed by atoms with Gasteiger partial charge in [0.25, 0.3) is 0 Å². The molecule has 0 aromatic heterocycles. The molecule has 1 aliphatic carbocycles. The molecule has 0 aromatic rings. The van der Waals surface area contributed by atoms with Crippen LogP contribution >= 0.6 is 0 Å². The molecule has 2 N–H and O–H groups in total. The topological polar surface area (TPSA) is 94.9 Å². The molecule has 2 aliphatic rings. The Labute approximate surface area is 91.8 Å². The van der Waals surface area contributed by atoms with E-state index < -0.39 is 18.6 Å². The van der Waals surface area contributed by atoms with E-state index in [9.17, 15) is 14.4 Å². The first-order valence-corrected chi connectivity index (χ1v) is 5.04. The third kappa shape index (κ3) is 1.26. The van der Waals surface area contributed by atoms with Crippen LogP contribution < -0.4 is 0 Å². The molecule has 2 fully saturated rings. The van der Waals surface area contributed by atoms with Crippen molar-refractivity contribution in [2.75, 3.05) is 6.54 Å². The summed E-state index contributed by atoms with van der Waals surface area (Å²) in [7, 11) is 0. The van der Waals surface area contributed by atoms with Gasteiger partial charge in [0.2, 0.25) is 11.8 Å². The van der Waals surface area contributed by atoms with Crippen LogP contribution in [-0.2, 0) is 14.4 Å². The van der Waals surface area contributed by atoms with Crippen molar-refractivity contribution >= 4 is 17.8 Å². The van der Waals surface area contributed by atoms with E-state index in [1.54, 1.807) is 0 Å². The first-order valence-electron chi connectivity index (χ1n) is 5.04. The van der Waals surface area contributed by atoms with Crippen molar-refractivity contribution in [1.29, 1.82) is 0 Å². The van der Waals surface area contributed by atoms with Crippen LogP contribution in [0.3, 0.4) is 0 Å². The molecule has 88 valence electrons. The highest BCUT2D eigenvalue weighted by Gasteiger charge is 2.72. The van der Waals surface area contributed by atoms with Crippen molar-refractivity contribution in [2.24, 2.45) is 17.3 Å². The molecule has 0 radical (unpaired) electrons. The number of carboxylic acid groups (broad SMARTS) is 1. The van der Waals surface area contributed by atoms with E-state index in [0.717, 1.165) is 4.90 Å². The minimum Gasteiger partial charge on any atom is -0.479 e. The number of amides is 2. The number of aliphatic hydroxyl groups is 1. The summed E-state index contributed by atoms with van der Waals surface area (Å²) in [6.45, 7) is 3.22. The number of likely N-dealkylation sites (tertiary alicyclic amines) is 1. The van der Waals surface area contributed by atoms with Crippen LogP contribution in [0.2, 0.25) is 0 Å². The second-order valence-corrected chi connectivity index (χ2v) is 4.92. The Morgan fingerprint density at radius 3 is 2.19 bits per heavy atom. The van der Waals surface area contributed by atoms with Gasteiger partial charge in [-0.2, -0.15) is 0 Å². The highest BCUT2D eigenvalue weighted by molar-refractivity contribution is 6.10. The summed E-state index contributed by atoms with van der Waals surface area (Å²) in [6.07, 6.45) is -1.70. The lowest BCUT2D eigenvalue weighted by atomic mass is 10.1. The van der Waals surface area contributed by atoms with Gasteiger partial charge in [-0.05, 0) is 5.41 Å². The normalized spacial score (nSPS) is 32.6. The van der Waals surface area contributed by atoms with Crippen LogP contribution in [0.4, 0.5) is 0 Å². The van der Waals surface area contributed by atoms with Crippen LogP contribution in [0.25, 0.3) is 0 Å². The molecule has 1 saturated heterocycles. The third-order valence-corrected chi connectivity index (χ3v) is 3.53. The molecule has 1 aliphatic heterocycles. The lowest BCUT2D eigenvalue weighted by molar-refractivity contribution is -0.152. The zero-order valence-corrected chi connectivity index (χ0v) is 9.01. The number of carbonyl (C=O) groups excluding carboxylic acids is 2. The molecule has 3 unspecified atom stereocenters. The van der Waals surface area contributed by atoms with Crippen molar-refractivity contribution < 1.29 is 24.6 Å². The summed E-state index contributed by atoms with van der Waals surface area (Å²) in [5, 5.41) is 17.6. The minimum atomic E-state index is -1.70. The van der Waals surface area contributed by atoms with E-state index in [0.29, 0.717) is 0 Å². The molecule has 16 heavy (non-hydrogen) atoms. The maximum absolute atomic E-state index is 11.7. The monoisotopic (exact) mass is 227 g/mol. The van der Waals surface area contributed by atoms with Crippen molar-refractivity contribution in [1.82, 2.24) is 4.90 Å². The summed E-state index contributed by atoms with van der Waals surface area (Å²) >= 11 is 0. The molecule has 2 amide bonds. The number of hydrogen-bond acceptors (Lipinski definition) is 4. The average Bonchev–Trinajstić information content (AvgIpc) is 2.64. The number of rotatable bonds is 3. The van der Waals surface area contributed by atoms with Crippen molar-refractivity contribution in [3.05, 3.63) is 0 Å². The molecule has 3 atom stereocenters. The number of hydrogen-bond donors (Lipinski definition) is 2. The number of carboxylic acids is 1. The zero-order valence-electron chi connectivity index (χ0n) is 9.01. The van der Waals surface area contributed by atoms with Gasteiger partial charge in [-0.25, -0.2) is 4.79 Å². The fraction of sp³-hybridized carbons (Fsp3) is 0.700. The average molecular weight is 227 g/mol. The van der Waals surface area contributed by atoms with Gasteiger partial charge in [-0.3, -0.25) is 14.5 Å². The summed E-state index contributed by atoms with van der Waals surface area (Å²) in [5.74, 6) is -2.82. The predicted octanol–water partition coefficient (Wildman–Crippen LogP) is -0.927. The van der Waals surface area contributed by atoms with Gasteiger partial charge in [0.15, 0.2) is 6.10 Å². The number of imide groups is 1. The fourth-order valence-electron chi connectivity index (χ4n) is 2.43. The smallest absolute Gasteiger partial charge is 0.334 e. The fourth-order valence-corrected chi connectivity index (χ4v) is 2.43. The molecule has 1 heterocycles. The number of fused-ring (bicyclic) bond motifs is 1. The van der Waals surface area contributed by atoms with E-state index >= 15 is 0 Å². The molecule has 6 heteroatoms. The Kier molecular flexibility index (Phi) is 2.10. The molecule has 2 rings (SSSR count). The first-order chi connectivity index (χ1) is 7.28. The Morgan fingerprint density at radius 2 is 1.81 bits per heavy atom. The van der Waals surface area contributed by atoms with Crippen LogP contribution in [-0.4, -0.2) is 45.5 Å². The Morgan fingerprint density at radius 1 is 1.38 bits per heavy atom. The van der Waals surface area contributed by atoms with Gasteiger partial charge in [0.05, 0.1) is 18.4 Å². The third-order valence-electron chi connectivity index (χ3n) is 3.53. The van der Waals surface area contributed by atoms with E-state index in [-0.39, 0.29) is 29.1 Å². The van der Waals surface area contributed by atoms with E-state index in [4.69, 9.17) is 10.2 Å². The molecular weight excluding hydrogens is 214 g/mol. The predicted molar refractivity (Wildman–Crippen MR) is 51.1 cm³/mol. The summed E-state index contributed by atoms with van der Waals surface area (Å²) in [5.41, 5.74) is -0.307. The summed E-state index contributed by atoms with van der Waals surface area (Å²) in [4.78, 5) is 34.7. The molecular formula is C10H13NO5. The number of β-amino-alcohol motifs (C(OH)–C–C–N with tert-alkyl or cyclic N) is 1.